The molecule has 0 saturated carbocycles. The Balaban J connectivity index is 3.29. The van der Waals surface area contributed by atoms with Crippen LogP contribution in [-0.2, 0) is 0 Å². The third kappa shape index (κ3) is 0.137. The molecule has 1 aromatic rings. The molecule has 0 bridgehead atoms. The highest BCUT2D eigenvalue weighted by molar-refractivity contribution is 4.24. The van der Waals surface area contributed by atoms with Crippen molar-refractivity contribution in [3.63, 3.8) is 0 Å². The molecule has 0 unspecified atom stereocenters. The van der Waals surface area contributed by atoms with E-state index in [1.54, 1.807) is 0 Å². The van der Waals surface area contributed by atoms with Crippen molar-refractivity contribution in [3.05, 3.63) is 10.6 Å². The molecule has 1 aromatic heterocycles. The van der Waals surface area contributed by atoms with Crippen molar-refractivity contribution in [2.24, 2.45) is 0 Å². The maximum absolute atomic E-state index is 9.44. The van der Waals surface area contributed by atoms with Crippen LogP contribution in [0.2, 0.25) is 0 Å². The molecule has 1 N–H and O–H groups in total. The second kappa shape index (κ2) is 0.512. The van der Waals surface area contributed by atoms with Crippen LogP contribution >= 0.6 is 0 Å². The lowest BCUT2D eigenvalue weighted by Gasteiger charge is -1.73. The van der Waals surface area contributed by atoms with Crippen LogP contribution in [0.25, 0.3) is 0 Å². The van der Waals surface area contributed by atoms with Gasteiger partial charge in [-0.15, -0.1) is 5.16 Å². The molecule has 0 spiro atoms. The standard InChI is InChI=1S/CHNO3/c3-1-2-5-4-1/h(H,2,3). The van der Waals surface area contributed by atoms with Gasteiger partial charge in [0.1, 0.15) is 0 Å². The molecule has 0 radical (unpaired) electrons. The Morgan fingerprint density at radius 3 is 2.20 bits per heavy atom. The molecule has 1 rings (SSSR count). The van der Waals surface area contributed by atoms with Gasteiger partial charge >= 0.3 is 5.76 Å². The summed E-state index contributed by atoms with van der Waals surface area (Å²) in [5.74, 6) is -0.537. The maximum Gasteiger partial charge on any atom is 0.488 e. The lowest BCUT2D eigenvalue weighted by atomic mass is 11.5. The number of rotatable bonds is 0. The average Bonchev–Trinajstić information content (AvgIpc) is 1.30. The average molecular weight is 75.0 g/mol. The lowest BCUT2D eigenvalue weighted by Crippen LogP contribution is -2.05. The highest BCUT2D eigenvalue weighted by Gasteiger charge is 1.79. The fourth-order valence-corrected chi connectivity index (χ4v) is 0.0757. The largest absolute Gasteiger partial charge is 0.488 e. The van der Waals surface area contributed by atoms with Crippen LogP contribution in [0.5, 0.6) is 0 Å². The first-order valence-electron chi connectivity index (χ1n) is 1.03. The van der Waals surface area contributed by atoms with Crippen molar-refractivity contribution >= 4 is 0 Å². The fraction of sp³-hybridized carbons (Fsp3) is 0. The minimum atomic E-state index is -0.537. The summed E-state index contributed by atoms with van der Waals surface area (Å²) in [7, 11) is 0. The van der Waals surface area contributed by atoms with Gasteiger partial charge in [0.05, 0.1) is 0 Å². The van der Waals surface area contributed by atoms with Crippen molar-refractivity contribution in [2.45, 2.75) is 0 Å². The highest BCUT2D eigenvalue weighted by atomic mass is 17.1. The summed E-state index contributed by atoms with van der Waals surface area (Å²) in [6.45, 7) is 0. The van der Waals surface area contributed by atoms with E-state index >= 15 is 0 Å². The zero-order valence-corrected chi connectivity index (χ0v) is 2.22. The highest BCUT2D eigenvalue weighted by Crippen LogP contribution is 1.56. The topological polar surface area (TPSA) is 59.1 Å². The van der Waals surface area contributed by atoms with Crippen LogP contribution in [0.3, 0.4) is 0 Å². The third-order valence-corrected chi connectivity index (χ3v) is 0.242. The minimum absolute atomic E-state index is 0.537. The molecule has 0 aliphatic carbocycles. The van der Waals surface area contributed by atoms with E-state index in [1.165, 1.54) is 0 Å². The molecule has 4 heteroatoms. The first-order chi connectivity index (χ1) is 2.39. The second-order valence-electron chi connectivity index (χ2n) is 0.556. The van der Waals surface area contributed by atoms with Gasteiger partial charge in [-0.3, -0.25) is 0 Å². The van der Waals surface area contributed by atoms with E-state index in [1.807, 2.05) is 5.16 Å². The predicted molar refractivity (Wildman–Crippen MR) is 11.6 cm³/mol. The van der Waals surface area contributed by atoms with Crippen molar-refractivity contribution in [2.75, 3.05) is 0 Å². The predicted octanol–water partition coefficient (Wildman–Crippen LogP) is -0.439. The Morgan fingerprint density at radius 2 is 2.20 bits per heavy atom. The number of hydrogen-bond donors (Lipinski definition) is 1. The molecule has 28 valence electrons. The quantitative estimate of drug-likeness (QED) is 0.425. The Kier molecular flexibility index (Phi) is 0.237. The molecule has 0 amide bonds. The van der Waals surface area contributed by atoms with Crippen molar-refractivity contribution in [3.8, 4) is 0 Å². The fourth-order valence-electron chi connectivity index (χ4n) is 0.0757. The summed E-state index contributed by atoms with van der Waals surface area (Å²) in [6.07, 6.45) is 0. The van der Waals surface area contributed by atoms with E-state index in [-0.39, 0.29) is 0 Å². The Morgan fingerprint density at radius 1 is 1.80 bits per heavy atom. The van der Waals surface area contributed by atoms with Gasteiger partial charge in [-0.2, -0.15) is 4.68 Å². The first kappa shape index (κ1) is 2.32. The van der Waals surface area contributed by atoms with Crippen LogP contribution in [0, 0.1) is 0 Å². The molecule has 0 atom stereocenters. The molecule has 5 heavy (non-hydrogen) atoms. The summed E-state index contributed by atoms with van der Waals surface area (Å²) in [4.78, 5) is 9.44. The second-order valence-corrected chi connectivity index (χ2v) is 0.556. The Hall–Kier alpha value is -0.930. The van der Waals surface area contributed by atoms with Gasteiger partial charge in [-0.05, 0) is 0 Å². The van der Waals surface area contributed by atoms with Crippen molar-refractivity contribution in [1.29, 1.82) is 0 Å². The van der Waals surface area contributed by atoms with Crippen molar-refractivity contribution in [1.82, 2.24) is 5.16 Å². The Labute approximate surface area is 26.3 Å². The SMILES string of the molecule is O=c1[nH]oo1. The zero-order valence-electron chi connectivity index (χ0n) is 2.22. The molecule has 0 aromatic carbocycles. The molecule has 1 heterocycles. The van der Waals surface area contributed by atoms with E-state index in [2.05, 4.69) is 9.26 Å². The van der Waals surface area contributed by atoms with E-state index in [9.17, 15) is 4.79 Å². The van der Waals surface area contributed by atoms with Gasteiger partial charge in [0, 0.05) is 0 Å². The van der Waals surface area contributed by atoms with Crippen LogP contribution in [0.4, 0.5) is 0 Å². The van der Waals surface area contributed by atoms with Gasteiger partial charge in [-0.1, -0.05) is 0 Å². The summed E-state index contributed by atoms with van der Waals surface area (Å²) < 4.78 is 7.42. The summed E-state index contributed by atoms with van der Waals surface area (Å²) in [5, 5.41) is 1.85. The van der Waals surface area contributed by atoms with E-state index < -0.39 is 5.76 Å². The molecular formula is CHNO3. The number of nitrogens with one attached hydrogen (secondary N) is 1. The Bertz CT molecular complexity index is 121. The maximum atomic E-state index is 9.44. The lowest BCUT2D eigenvalue weighted by molar-refractivity contribution is -0.100. The summed E-state index contributed by atoms with van der Waals surface area (Å²) >= 11 is 0. The van der Waals surface area contributed by atoms with Crippen LogP contribution in [-0.4, -0.2) is 5.16 Å². The molecule has 0 aliphatic rings. The molecule has 4 nitrogen and oxygen atoms in total. The van der Waals surface area contributed by atoms with Gasteiger partial charge in [0.25, 0.3) is 0 Å². The molecule has 0 aliphatic heterocycles. The van der Waals surface area contributed by atoms with Gasteiger partial charge < -0.3 is 0 Å². The molecule has 0 saturated heterocycles. The normalized spacial score (nSPS) is 8.80. The van der Waals surface area contributed by atoms with E-state index in [0.717, 1.165) is 0 Å². The molecule has 0 fully saturated rings. The monoisotopic (exact) mass is 75.0 g/mol. The third-order valence-electron chi connectivity index (χ3n) is 0.242. The number of aromatic nitrogens is 1. The van der Waals surface area contributed by atoms with Crippen molar-refractivity contribution < 1.29 is 9.26 Å². The van der Waals surface area contributed by atoms with Crippen LogP contribution < -0.4 is 5.76 Å². The van der Waals surface area contributed by atoms with Gasteiger partial charge in [-0.25, -0.2) is 9.37 Å². The van der Waals surface area contributed by atoms with E-state index in [4.69, 9.17) is 0 Å². The van der Waals surface area contributed by atoms with Crippen LogP contribution in [0.1, 0.15) is 0 Å². The van der Waals surface area contributed by atoms with E-state index in [0.29, 0.717) is 0 Å². The summed E-state index contributed by atoms with van der Waals surface area (Å²) in [6, 6.07) is 0. The number of H-pyrrole nitrogens is 1. The van der Waals surface area contributed by atoms with Crippen LogP contribution in [0.15, 0.2) is 14.1 Å². The number of aromatic amines is 1. The first-order valence-corrected chi connectivity index (χ1v) is 1.03. The van der Waals surface area contributed by atoms with Gasteiger partial charge in [0.2, 0.25) is 0 Å². The molecular weight excluding hydrogens is 74.0 g/mol. The summed E-state index contributed by atoms with van der Waals surface area (Å²) in [5.41, 5.74) is 0. The number of hydrogen-bond acceptors (Lipinski definition) is 3. The van der Waals surface area contributed by atoms with Gasteiger partial charge in [0.15, 0.2) is 0 Å². The zero-order chi connectivity index (χ0) is 3.70. The smallest absolute Gasteiger partial charge is 0.217 e. The minimum Gasteiger partial charge on any atom is -0.217 e.